The Morgan fingerprint density at radius 2 is 1.88 bits per heavy atom. The van der Waals surface area contributed by atoms with Gasteiger partial charge in [-0.05, 0) is 48.9 Å². The Morgan fingerprint density at radius 3 is 2.45 bits per heavy atom. The molecule has 1 aliphatic heterocycles. The van der Waals surface area contributed by atoms with Crippen LogP contribution in [0, 0.1) is 12.8 Å². The minimum Gasteiger partial charge on any atom is -0.455 e. The fourth-order valence-electron chi connectivity index (χ4n) is 3.86. The lowest BCUT2D eigenvalue weighted by molar-refractivity contribution is -0.152. The highest BCUT2D eigenvalue weighted by Crippen LogP contribution is 2.30. The van der Waals surface area contributed by atoms with Gasteiger partial charge in [-0.15, -0.1) is 0 Å². The molecule has 0 spiro atoms. The van der Waals surface area contributed by atoms with E-state index in [9.17, 15) is 22.8 Å². The molecule has 3 rings (SSSR count). The molecular weight excluding hydrogens is 435 g/mol. The van der Waals surface area contributed by atoms with E-state index < -0.39 is 23.6 Å². The number of nitrogens with one attached hydrogen (secondary N) is 1. The Bertz CT molecular complexity index is 983. The number of amides is 1. The zero-order valence-electron chi connectivity index (χ0n) is 18.9. The standard InChI is InChI=1S/C24H28F3N3O3/c1-15(2)19-6-4-5-16(3)22(19)29-21(31)14-33-23(32)17-9-11-30(12-10-17)20-8-7-18(13-28-20)24(25,26)27/h4-8,13,15,17H,9-12,14H2,1-3H3,(H,29,31). The summed E-state index contributed by atoms with van der Waals surface area (Å²) in [5.41, 5.74) is 1.89. The van der Waals surface area contributed by atoms with Crippen molar-refractivity contribution in [3.05, 3.63) is 53.2 Å². The molecule has 2 aromatic rings. The molecule has 9 heteroatoms. The number of anilines is 2. The topological polar surface area (TPSA) is 71.5 Å². The summed E-state index contributed by atoms with van der Waals surface area (Å²) in [6, 6.07) is 8.14. The zero-order valence-corrected chi connectivity index (χ0v) is 18.9. The number of aryl methyl sites for hydroxylation is 1. The molecule has 0 unspecified atom stereocenters. The monoisotopic (exact) mass is 463 g/mol. The second kappa shape index (κ2) is 10.2. The molecule has 0 radical (unpaired) electrons. The second-order valence-corrected chi connectivity index (χ2v) is 8.51. The molecule has 0 saturated carbocycles. The van der Waals surface area contributed by atoms with Crippen LogP contribution >= 0.6 is 0 Å². The molecule has 1 aliphatic rings. The van der Waals surface area contributed by atoms with E-state index in [0.29, 0.717) is 31.7 Å². The van der Waals surface area contributed by atoms with Crippen LogP contribution < -0.4 is 10.2 Å². The van der Waals surface area contributed by atoms with E-state index in [1.807, 2.05) is 43.9 Å². The van der Waals surface area contributed by atoms with Crippen molar-refractivity contribution in [2.24, 2.45) is 5.92 Å². The maximum atomic E-state index is 12.7. The van der Waals surface area contributed by atoms with Crippen molar-refractivity contribution in [1.82, 2.24) is 4.98 Å². The first kappa shape index (κ1) is 24.5. The van der Waals surface area contributed by atoms with Gasteiger partial charge in [0.2, 0.25) is 0 Å². The number of alkyl halides is 3. The molecule has 6 nitrogen and oxygen atoms in total. The molecule has 0 aliphatic carbocycles. The summed E-state index contributed by atoms with van der Waals surface area (Å²) in [6.45, 7) is 6.54. The van der Waals surface area contributed by atoms with Gasteiger partial charge in [0.05, 0.1) is 11.5 Å². The maximum Gasteiger partial charge on any atom is 0.417 e. The number of hydrogen-bond donors (Lipinski definition) is 1. The maximum absolute atomic E-state index is 12.7. The number of para-hydroxylation sites is 1. The lowest BCUT2D eigenvalue weighted by Crippen LogP contribution is -2.38. The Hall–Kier alpha value is -3.10. The van der Waals surface area contributed by atoms with Gasteiger partial charge in [-0.2, -0.15) is 13.2 Å². The fourth-order valence-corrected chi connectivity index (χ4v) is 3.86. The number of halogens is 3. The molecule has 0 atom stereocenters. The van der Waals surface area contributed by atoms with E-state index in [1.54, 1.807) is 0 Å². The van der Waals surface area contributed by atoms with E-state index in [1.165, 1.54) is 6.07 Å². The summed E-state index contributed by atoms with van der Waals surface area (Å²) in [6.07, 6.45) is -2.67. The van der Waals surface area contributed by atoms with Gasteiger partial charge < -0.3 is 15.0 Å². The average Bonchev–Trinajstić information content (AvgIpc) is 2.78. The molecule has 178 valence electrons. The summed E-state index contributed by atoms with van der Waals surface area (Å²) in [5, 5.41) is 2.85. The first-order valence-electron chi connectivity index (χ1n) is 10.9. The van der Waals surface area contributed by atoms with Gasteiger partial charge in [0, 0.05) is 25.0 Å². The Kier molecular flexibility index (Phi) is 7.61. The lowest BCUT2D eigenvalue weighted by atomic mass is 9.97. The summed E-state index contributed by atoms with van der Waals surface area (Å²) in [5.74, 6) is -0.543. The summed E-state index contributed by atoms with van der Waals surface area (Å²) in [4.78, 5) is 30.5. The van der Waals surface area contributed by atoms with Crippen LogP contribution in [-0.2, 0) is 20.5 Å². The summed E-state index contributed by atoms with van der Waals surface area (Å²) in [7, 11) is 0. The van der Waals surface area contributed by atoms with E-state index in [4.69, 9.17) is 4.74 Å². The molecule has 1 amide bonds. The van der Waals surface area contributed by atoms with Gasteiger partial charge in [-0.1, -0.05) is 32.0 Å². The van der Waals surface area contributed by atoms with Crippen molar-refractivity contribution in [3.8, 4) is 0 Å². The lowest BCUT2D eigenvalue weighted by Gasteiger charge is -2.31. The summed E-state index contributed by atoms with van der Waals surface area (Å²) < 4.78 is 43.3. The highest BCUT2D eigenvalue weighted by atomic mass is 19.4. The minimum absolute atomic E-state index is 0.229. The molecule has 2 heterocycles. The van der Waals surface area contributed by atoms with Gasteiger partial charge in [-0.3, -0.25) is 9.59 Å². The van der Waals surface area contributed by atoms with Crippen molar-refractivity contribution in [1.29, 1.82) is 0 Å². The summed E-state index contributed by atoms with van der Waals surface area (Å²) >= 11 is 0. The fraction of sp³-hybridized carbons (Fsp3) is 0.458. The molecule has 1 saturated heterocycles. The number of piperidine rings is 1. The van der Waals surface area contributed by atoms with Gasteiger partial charge >= 0.3 is 12.1 Å². The number of ether oxygens (including phenoxy) is 1. The minimum atomic E-state index is -4.43. The van der Waals surface area contributed by atoms with Crippen molar-refractivity contribution < 1.29 is 27.5 Å². The molecule has 1 fully saturated rings. The molecular formula is C24H28F3N3O3. The number of carbonyl (C=O) groups is 2. The highest BCUT2D eigenvalue weighted by molar-refractivity contribution is 5.94. The van der Waals surface area contributed by atoms with Crippen molar-refractivity contribution in [2.75, 3.05) is 29.9 Å². The van der Waals surface area contributed by atoms with Crippen LogP contribution in [0.2, 0.25) is 0 Å². The second-order valence-electron chi connectivity index (χ2n) is 8.51. The molecule has 1 aromatic carbocycles. The van der Waals surface area contributed by atoms with Gasteiger partial charge in [0.1, 0.15) is 5.82 Å². The quantitative estimate of drug-likeness (QED) is 0.615. The number of benzene rings is 1. The number of aromatic nitrogens is 1. The van der Waals surface area contributed by atoms with E-state index in [0.717, 1.165) is 29.1 Å². The third-order valence-corrected chi connectivity index (χ3v) is 5.76. The zero-order chi connectivity index (χ0) is 24.2. The number of carbonyl (C=O) groups excluding carboxylic acids is 2. The Balaban J connectivity index is 1.48. The predicted octanol–water partition coefficient (Wildman–Crippen LogP) is 4.93. The van der Waals surface area contributed by atoms with Crippen LogP contribution in [0.3, 0.4) is 0 Å². The Morgan fingerprint density at radius 1 is 1.18 bits per heavy atom. The van der Waals surface area contributed by atoms with E-state index in [-0.39, 0.29) is 18.4 Å². The Labute approximate surface area is 191 Å². The molecule has 0 bridgehead atoms. The smallest absolute Gasteiger partial charge is 0.417 e. The van der Waals surface area contributed by atoms with Crippen molar-refractivity contribution in [2.45, 2.75) is 45.7 Å². The van der Waals surface area contributed by atoms with Crippen molar-refractivity contribution in [3.63, 3.8) is 0 Å². The number of rotatable bonds is 6. The van der Waals surface area contributed by atoms with Crippen LogP contribution in [0.25, 0.3) is 0 Å². The SMILES string of the molecule is Cc1cccc(C(C)C)c1NC(=O)COC(=O)C1CCN(c2ccc(C(F)(F)F)cn2)CC1. The van der Waals surface area contributed by atoms with Gasteiger partial charge in [0.15, 0.2) is 6.61 Å². The molecule has 1 aromatic heterocycles. The molecule has 1 N–H and O–H groups in total. The van der Waals surface area contributed by atoms with Crippen LogP contribution in [0.5, 0.6) is 0 Å². The third-order valence-electron chi connectivity index (χ3n) is 5.76. The van der Waals surface area contributed by atoms with E-state index >= 15 is 0 Å². The van der Waals surface area contributed by atoms with E-state index in [2.05, 4.69) is 10.3 Å². The van der Waals surface area contributed by atoms with Crippen LogP contribution in [0.4, 0.5) is 24.7 Å². The molecule has 33 heavy (non-hydrogen) atoms. The first-order valence-corrected chi connectivity index (χ1v) is 10.9. The normalized spacial score (nSPS) is 14.9. The van der Waals surface area contributed by atoms with Gasteiger partial charge in [-0.25, -0.2) is 4.98 Å². The van der Waals surface area contributed by atoms with Crippen LogP contribution in [-0.4, -0.2) is 36.6 Å². The van der Waals surface area contributed by atoms with Crippen LogP contribution in [0.15, 0.2) is 36.5 Å². The number of pyridine rings is 1. The number of esters is 1. The average molecular weight is 464 g/mol. The third kappa shape index (κ3) is 6.24. The van der Waals surface area contributed by atoms with Crippen LogP contribution in [0.1, 0.15) is 49.3 Å². The predicted molar refractivity (Wildman–Crippen MR) is 119 cm³/mol. The first-order chi connectivity index (χ1) is 15.6. The highest BCUT2D eigenvalue weighted by Gasteiger charge is 2.32. The van der Waals surface area contributed by atoms with Crippen molar-refractivity contribution >= 4 is 23.4 Å². The number of hydrogen-bond acceptors (Lipinski definition) is 5. The largest absolute Gasteiger partial charge is 0.455 e. The number of nitrogens with zero attached hydrogens (tertiary/aromatic N) is 2. The van der Waals surface area contributed by atoms with Gasteiger partial charge in [0.25, 0.3) is 5.91 Å².